The molecule has 4 N–H and O–H groups in total. The van der Waals surface area contributed by atoms with Gasteiger partial charge in [-0.05, 0) is 43.9 Å². The van der Waals surface area contributed by atoms with Crippen LogP contribution in [0.2, 0.25) is 0 Å². The molecule has 1 aliphatic rings. The van der Waals surface area contributed by atoms with Crippen molar-refractivity contribution in [3.63, 3.8) is 0 Å². The number of nitrogens with two attached hydrogens (primary N) is 1. The number of phenolic OH excluding ortho intramolecular Hbond substituents is 1. The monoisotopic (exact) mass is 252 g/mol. The van der Waals surface area contributed by atoms with E-state index in [0.717, 1.165) is 37.8 Å². The van der Waals surface area contributed by atoms with Gasteiger partial charge in [0.1, 0.15) is 11.6 Å². The molecule has 0 unspecified atom stereocenters. The average molecular weight is 252 g/mol. The lowest BCUT2D eigenvalue weighted by molar-refractivity contribution is 0.0922. The third-order valence-corrected chi connectivity index (χ3v) is 3.31. The van der Waals surface area contributed by atoms with Crippen molar-refractivity contribution in [1.82, 2.24) is 5.32 Å². The number of hydrogen-bond donors (Lipinski definition) is 3. The molecule has 0 bridgehead atoms. The van der Waals surface area contributed by atoms with Gasteiger partial charge in [-0.3, -0.25) is 4.79 Å². The second-order valence-corrected chi connectivity index (χ2v) is 4.75. The van der Waals surface area contributed by atoms with Crippen LogP contribution in [0.25, 0.3) is 0 Å². The number of benzene rings is 1. The molecule has 0 atom stereocenters. The zero-order valence-electron chi connectivity index (χ0n) is 10.0. The molecule has 1 amide bonds. The predicted octanol–water partition coefficient (Wildman–Crippen LogP) is 1.53. The average Bonchev–Trinajstić information content (AvgIpc) is 2.35. The molecule has 2 rings (SSSR count). The number of carbonyl (C=O) groups excluding carboxylic acids is 1. The van der Waals surface area contributed by atoms with Crippen molar-refractivity contribution in [2.24, 2.45) is 5.73 Å². The van der Waals surface area contributed by atoms with Gasteiger partial charge < -0.3 is 16.2 Å². The Morgan fingerprint density at radius 1 is 1.33 bits per heavy atom. The van der Waals surface area contributed by atoms with Crippen LogP contribution in [0.3, 0.4) is 0 Å². The van der Waals surface area contributed by atoms with Gasteiger partial charge in [-0.25, -0.2) is 4.39 Å². The molecule has 18 heavy (non-hydrogen) atoms. The van der Waals surface area contributed by atoms with E-state index in [0.29, 0.717) is 0 Å². The minimum Gasteiger partial charge on any atom is -0.507 e. The molecule has 0 spiro atoms. The molecule has 1 saturated carbocycles. The van der Waals surface area contributed by atoms with Crippen LogP contribution in [-0.2, 0) is 0 Å². The number of aromatic hydroxyl groups is 1. The van der Waals surface area contributed by atoms with Crippen molar-refractivity contribution in [2.45, 2.75) is 37.8 Å². The summed E-state index contributed by atoms with van der Waals surface area (Å²) in [6.45, 7) is 0. The van der Waals surface area contributed by atoms with E-state index in [1.54, 1.807) is 0 Å². The number of hydrogen-bond acceptors (Lipinski definition) is 3. The van der Waals surface area contributed by atoms with Gasteiger partial charge in [-0.2, -0.15) is 0 Å². The van der Waals surface area contributed by atoms with Gasteiger partial charge in [0, 0.05) is 12.1 Å². The Morgan fingerprint density at radius 3 is 2.67 bits per heavy atom. The van der Waals surface area contributed by atoms with Crippen molar-refractivity contribution in [3.8, 4) is 5.75 Å². The fourth-order valence-electron chi connectivity index (χ4n) is 2.22. The van der Waals surface area contributed by atoms with E-state index in [2.05, 4.69) is 5.32 Å². The van der Waals surface area contributed by atoms with E-state index in [1.807, 2.05) is 0 Å². The van der Waals surface area contributed by atoms with Crippen LogP contribution < -0.4 is 11.1 Å². The molecule has 0 aliphatic heterocycles. The zero-order chi connectivity index (χ0) is 13.1. The quantitative estimate of drug-likeness (QED) is 0.747. The van der Waals surface area contributed by atoms with Gasteiger partial charge in [0.2, 0.25) is 0 Å². The summed E-state index contributed by atoms with van der Waals surface area (Å²) < 4.78 is 13.0. The van der Waals surface area contributed by atoms with E-state index >= 15 is 0 Å². The first-order valence-corrected chi connectivity index (χ1v) is 6.11. The molecule has 1 fully saturated rings. The first-order chi connectivity index (χ1) is 8.56. The highest BCUT2D eigenvalue weighted by atomic mass is 19.1. The van der Waals surface area contributed by atoms with Crippen molar-refractivity contribution >= 4 is 5.91 Å². The smallest absolute Gasteiger partial charge is 0.255 e. The largest absolute Gasteiger partial charge is 0.507 e. The maximum Gasteiger partial charge on any atom is 0.255 e. The molecule has 0 radical (unpaired) electrons. The SMILES string of the molecule is NC1CCC(NC(=O)c2cc(F)ccc2O)CC1. The fourth-order valence-corrected chi connectivity index (χ4v) is 2.22. The summed E-state index contributed by atoms with van der Waals surface area (Å²) in [7, 11) is 0. The van der Waals surface area contributed by atoms with Crippen LogP contribution in [0.5, 0.6) is 5.75 Å². The fraction of sp³-hybridized carbons (Fsp3) is 0.462. The molecule has 5 heteroatoms. The van der Waals surface area contributed by atoms with E-state index in [9.17, 15) is 14.3 Å². The highest BCUT2D eigenvalue weighted by Gasteiger charge is 2.21. The second kappa shape index (κ2) is 5.35. The van der Waals surface area contributed by atoms with Crippen molar-refractivity contribution in [1.29, 1.82) is 0 Å². The molecule has 1 aromatic carbocycles. The normalized spacial score (nSPS) is 23.7. The second-order valence-electron chi connectivity index (χ2n) is 4.75. The number of halogens is 1. The Balaban J connectivity index is 2.01. The molecular weight excluding hydrogens is 235 g/mol. The number of carbonyl (C=O) groups is 1. The Hall–Kier alpha value is -1.62. The highest BCUT2D eigenvalue weighted by molar-refractivity contribution is 5.96. The molecule has 0 saturated heterocycles. The minimum absolute atomic E-state index is 0.0233. The molecule has 4 nitrogen and oxygen atoms in total. The van der Waals surface area contributed by atoms with Crippen molar-refractivity contribution in [2.75, 3.05) is 0 Å². The Bertz CT molecular complexity index is 443. The third kappa shape index (κ3) is 2.98. The number of nitrogens with one attached hydrogen (secondary N) is 1. The Labute approximate surface area is 105 Å². The van der Waals surface area contributed by atoms with Gasteiger partial charge in [0.05, 0.1) is 5.56 Å². The molecular formula is C13H17FN2O2. The summed E-state index contributed by atoms with van der Waals surface area (Å²) in [5.41, 5.74) is 5.76. The lowest BCUT2D eigenvalue weighted by Crippen LogP contribution is -2.40. The third-order valence-electron chi connectivity index (χ3n) is 3.31. The Morgan fingerprint density at radius 2 is 2.00 bits per heavy atom. The number of amides is 1. The first kappa shape index (κ1) is 12.8. The highest BCUT2D eigenvalue weighted by Crippen LogP contribution is 2.20. The zero-order valence-corrected chi connectivity index (χ0v) is 10.0. The summed E-state index contributed by atoms with van der Waals surface area (Å²) in [6.07, 6.45) is 3.39. The summed E-state index contributed by atoms with van der Waals surface area (Å²) in [5.74, 6) is -1.18. The summed E-state index contributed by atoms with van der Waals surface area (Å²) in [6, 6.07) is 3.60. The van der Waals surface area contributed by atoms with Crippen molar-refractivity contribution < 1.29 is 14.3 Å². The van der Waals surface area contributed by atoms with Crippen LogP contribution in [-0.4, -0.2) is 23.1 Å². The van der Waals surface area contributed by atoms with Crippen LogP contribution in [0.1, 0.15) is 36.0 Å². The van der Waals surface area contributed by atoms with E-state index in [4.69, 9.17) is 5.73 Å². The molecule has 0 heterocycles. The first-order valence-electron chi connectivity index (χ1n) is 6.11. The molecule has 98 valence electrons. The van der Waals surface area contributed by atoms with Crippen LogP contribution in [0.4, 0.5) is 4.39 Å². The maximum absolute atomic E-state index is 13.0. The standard InChI is InChI=1S/C13H17FN2O2/c14-8-1-6-12(17)11(7-8)13(18)16-10-4-2-9(15)3-5-10/h1,6-7,9-10,17H,2-5,15H2,(H,16,18). The lowest BCUT2D eigenvalue weighted by atomic mass is 9.91. The minimum atomic E-state index is -0.538. The molecule has 1 aromatic rings. The van der Waals surface area contributed by atoms with Gasteiger partial charge in [0.15, 0.2) is 0 Å². The van der Waals surface area contributed by atoms with Crippen LogP contribution >= 0.6 is 0 Å². The van der Waals surface area contributed by atoms with Gasteiger partial charge in [-0.1, -0.05) is 0 Å². The summed E-state index contributed by atoms with van der Waals surface area (Å²) in [4.78, 5) is 11.9. The van der Waals surface area contributed by atoms with Crippen LogP contribution in [0.15, 0.2) is 18.2 Å². The van der Waals surface area contributed by atoms with E-state index < -0.39 is 11.7 Å². The van der Waals surface area contributed by atoms with Gasteiger partial charge >= 0.3 is 0 Å². The number of rotatable bonds is 2. The van der Waals surface area contributed by atoms with Gasteiger partial charge in [-0.15, -0.1) is 0 Å². The topological polar surface area (TPSA) is 75.3 Å². The van der Waals surface area contributed by atoms with Crippen LogP contribution in [0, 0.1) is 5.82 Å². The summed E-state index contributed by atoms with van der Waals surface area (Å²) >= 11 is 0. The summed E-state index contributed by atoms with van der Waals surface area (Å²) in [5, 5.41) is 12.3. The maximum atomic E-state index is 13.0. The molecule has 0 aromatic heterocycles. The molecule has 1 aliphatic carbocycles. The van der Waals surface area contributed by atoms with E-state index in [-0.39, 0.29) is 23.4 Å². The Kier molecular flexibility index (Phi) is 3.81. The predicted molar refractivity (Wildman–Crippen MR) is 65.8 cm³/mol. The van der Waals surface area contributed by atoms with Gasteiger partial charge in [0.25, 0.3) is 5.91 Å². The van der Waals surface area contributed by atoms with Crippen molar-refractivity contribution in [3.05, 3.63) is 29.6 Å². The van der Waals surface area contributed by atoms with E-state index in [1.165, 1.54) is 6.07 Å². The number of phenols is 1. The lowest BCUT2D eigenvalue weighted by Gasteiger charge is -2.26.